The number of hydrogen-bond donors (Lipinski definition) is 0. The third-order valence-electron chi connectivity index (χ3n) is 3.14. The van der Waals surface area contributed by atoms with Crippen LogP contribution in [0, 0.1) is 0 Å². The summed E-state index contributed by atoms with van der Waals surface area (Å²) in [5, 5.41) is 0. The molecule has 0 unspecified atom stereocenters. The van der Waals surface area contributed by atoms with Gasteiger partial charge in [0.25, 0.3) is 0 Å². The van der Waals surface area contributed by atoms with Gasteiger partial charge in [0.15, 0.2) is 34.6 Å². The minimum absolute atomic E-state index is 0.0332. The first-order valence-corrected chi connectivity index (χ1v) is 6.20. The quantitative estimate of drug-likeness (QED) is 0.659. The Morgan fingerprint density at radius 1 is 0.700 bits per heavy atom. The van der Waals surface area contributed by atoms with Gasteiger partial charge in [-0.3, -0.25) is 9.59 Å². The van der Waals surface area contributed by atoms with E-state index in [1.54, 1.807) is 36.4 Å². The van der Waals surface area contributed by atoms with Crippen molar-refractivity contribution in [1.29, 1.82) is 0 Å². The summed E-state index contributed by atoms with van der Waals surface area (Å²) < 4.78 is 11.4. The zero-order valence-corrected chi connectivity index (χ0v) is 11.1. The van der Waals surface area contributed by atoms with E-state index in [1.807, 2.05) is 0 Å². The van der Waals surface area contributed by atoms with E-state index < -0.39 is 0 Å². The van der Waals surface area contributed by atoms with Crippen molar-refractivity contribution in [3.8, 4) is 23.0 Å². The smallest absolute Gasteiger partial charge is 0.170 e. The molecule has 1 aliphatic heterocycles. The van der Waals surface area contributed by atoms with Crippen LogP contribution in [0.15, 0.2) is 36.4 Å². The highest BCUT2D eigenvalue weighted by molar-refractivity contribution is 5.95. The van der Waals surface area contributed by atoms with E-state index >= 15 is 0 Å². The Bertz CT molecular complexity index is 668. The molecular weight excluding hydrogens is 256 g/mol. The van der Waals surface area contributed by atoms with E-state index in [0.29, 0.717) is 34.1 Å². The molecule has 4 heteroatoms. The number of hydrogen-bond acceptors (Lipinski definition) is 4. The predicted octanol–water partition coefficient (Wildman–Crippen LogP) is 3.99. The summed E-state index contributed by atoms with van der Waals surface area (Å²) in [5.41, 5.74) is 1.13. The molecule has 3 rings (SSSR count). The molecule has 2 aromatic rings. The topological polar surface area (TPSA) is 52.6 Å². The number of rotatable bonds is 2. The van der Waals surface area contributed by atoms with Crippen molar-refractivity contribution >= 4 is 11.6 Å². The summed E-state index contributed by atoms with van der Waals surface area (Å²) in [6.45, 7) is 3.00. The van der Waals surface area contributed by atoms with Gasteiger partial charge in [0.1, 0.15) is 0 Å². The molecule has 0 aliphatic carbocycles. The summed E-state index contributed by atoms with van der Waals surface area (Å²) >= 11 is 0. The van der Waals surface area contributed by atoms with Gasteiger partial charge in [-0.05, 0) is 50.2 Å². The normalized spacial score (nSPS) is 11.7. The Balaban J connectivity index is 2.02. The third-order valence-corrected chi connectivity index (χ3v) is 3.14. The van der Waals surface area contributed by atoms with Gasteiger partial charge in [0.2, 0.25) is 0 Å². The van der Waals surface area contributed by atoms with Crippen molar-refractivity contribution in [2.24, 2.45) is 0 Å². The van der Waals surface area contributed by atoms with Crippen molar-refractivity contribution in [2.75, 3.05) is 0 Å². The van der Waals surface area contributed by atoms with Gasteiger partial charge < -0.3 is 9.47 Å². The summed E-state index contributed by atoms with van der Waals surface area (Å²) in [5.74, 6) is 2.00. The average Bonchev–Trinajstić information content (AvgIpc) is 2.43. The molecule has 0 N–H and O–H groups in total. The second kappa shape index (κ2) is 4.49. The minimum Gasteiger partial charge on any atom is -0.449 e. The van der Waals surface area contributed by atoms with Gasteiger partial charge >= 0.3 is 0 Å². The Morgan fingerprint density at radius 2 is 1.10 bits per heavy atom. The van der Waals surface area contributed by atoms with E-state index in [9.17, 15) is 9.59 Å². The van der Waals surface area contributed by atoms with Gasteiger partial charge in [-0.15, -0.1) is 0 Å². The highest BCUT2D eigenvalue weighted by atomic mass is 16.6. The lowest BCUT2D eigenvalue weighted by Crippen LogP contribution is -2.02. The molecule has 1 aliphatic rings. The Morgan fingerprint density at radius 3 is 1.45 bits per heavy atom. The summed E-state index contributed by atoms with van der Waals surface area (Å²) in [7, 11) is 0. The fourth-order valence-electron chi connectivity index (χ4n) is 2.02. The van der Waals surface area contributed by atoms with Crippen molar-refractivity contribution in [3.63, 3.8) is 0 Å². The van der Waals surface area contributed by atoms with Crippen molar-refractivity contribution in [1.82, 2.24) is 0 Å². The van der Waals surface area contributed by atoms with Gasteiger partial charge in [-0.25, -0.2) is 0 Å². The molecule has 4 nitrogen and oxygen atoms in total. The summed E-state index contributed by atoms with van der Waals surface area (Å²) in [6, 6.07) is 10.1. The predicted molar refractivity (Wildman–Crippen MR) is 73.0 cm³/mol. The van der Waals surface area contributed by atoms with Crippen LogP contribution in [0.4, 0.5) is 0 Å². The first-order chi connectivity index (χ1) is 9.54. The second-order valence-electron chi connectivity index (χ2n) is 4.64. The molecule has 0 saturated carbocycles. The molecule has 0 saturated heterocycles. The molecule has 0 bridgehead atoms. The maximum absolute atomic E-state index is 11.4. The average molecular weight is 268 g/mol. The monoisotopic (exact) mass is 268 g/mol. The number of carbonyl (C=O) groups is 2. The minimum atomic E-state index is -0.0332. The molecule has 0 radical (unpaired) electrons. The van der Waals surface area contributed by atoms with Crippen molar-refractivity contribution < 1.29 is 19.1 Å². The standard InChI is InChI=1S/C16H12O4/c1-9(17)11-3-5-13-15(7-11)19-14-6-4-12(10(2)18)8-16(14)20-13/h3-8H,1-2H3. The van der Waals surface area contributed by atoms with E-state index in [4.69, 9.17) is 9.47 Å². The zero-order chi connectivity index (χ0) is 14.3. The van der Waals surface area contributed by atoms with Gasteiger partial charge in [0.05, 0.1) is 0 Å². The Kier molecular flexibility index (Phi) is 2.79. The first kappa shape index (κ1) is 12.4. The van der Waals surface area contributed by atoms with Crippen LogP contribution in [0.25, 0.3) is 0 Å². The fourth-order valence-corrected chi connectivity index (χ4v) is 2.02. The summed E-state index contributed by atoms with van der Waals surface area (Å²) in [4.78, 5) is 22.7. The highest BCUT2D eigenvalue weighted by Crippen LogP contribution is 2.45. The molecule has 20 heavy (non-hydrogen) atoms. The lowest BCUT2D eigenvalue weighted by atomic mass is 10.1. The van der Waals surface area contributed by atoms with Crippen LogP contribution in [-0.2, 0) is 0 Å². The molecule has 0 spiro atoms. The molecule has 0 atom stereocenters. The molecule has 1 heterocycles. The van der Waals surface area contributed by atoms with Crippen LogP contribution < -0.4 is 9.47 Å². The van der Waals surface area contributed by atoms with Crippen LogP contribution in [0.3, 0.4) is 0 Å². The van der Waals surface area contributed by atoms with E-state index in [1.165, 1.54) is 13.8 Å². The number of benzene rings is 2. The lowest BCUT2D eigenvalue weighted by Gasteiger charge is -2.21. The number of ether oxygens (including phenoxy) is 2. The number of fused-ring (bicyclic) bond motifs is 2. The van der Waals surface area contributed by atoms with Gasteiger partial charge in [-0.1, -0.05) is 0 Å². The van der Waals surface area contributed by atoms with Crippen LogP contribution in [0.2, 0.25) is 0 Å². The first-order valence-electron chi connectivity index (χ1n) is 6.20. The van der Waals surface area contributed by atoms with Crippen LogP contribution in [0.1, 0.15) is 34.6 Å². The number of Topliss-reactive ketones (excluding diaryl/α,β-unsaturated/α-hetero) is 2. The van der Waals surface area contributed by atoms with E-state index in [-0.39, 0.29) is 11.6 Å². The Hall–Kier alpha value is -2.62. The largest absolute Gasteiger partial charge is 0.449 e. The van der Waals surface area contributed by atoms with Gasteiger partial charge in [-0.2, -0.15) is 0 Å². The van der Waals surface area contributed by atoms with Gasteiger partial charge in [0, 0.05) is 11.1 Å². The molecular formula is C16H12O4. The zero-order valence-electron chi connectivity index (χ0n) is 11.1. The molecule has 2 aromatic carbocycles. The second-order valence-corrected chi connectivity index (χ2v) is 4.64. The van der Waals surface area contributed by atoms with Crippen LogP contribution >= 0.6 is 0 Å². The number of carbonyl (C=O) groups excluding carboxylic acids is 2. The van der Waals surface area contributed by atoms with E-state index in [0.717, 1.165) is 0 Å². The lowest BCUT2D eigenvalue weighted by molar-refractivity contribution is 0.100. The third kappa shape index (κ3) is 2.05. The molecule has 100 valence electrons. The number of ketones is 2. The molecule has 0 amide bonds. The highest BCUT2D eigenvalue weighted by Gasteiger charge is 2.20. The maximum atomic E-state index is 11.4. The van der Waals surface area contributed by atoms with Crippen molar-refractivity contribution in [2.45, 2.75) is 13.8 Å². The maximum Gasteiger partial charge on any atom is 0.170 e. The molecule has 0 aromatic heterocycles. The fraction of sp³-hybridized carbons (Fsp3) is 0.125. The summed E-state index contributed by atoms with van der Waals surface area (Å²) in [6.07, 6.45) is 0. The SMILES string of the molecule is CC(=O)c1ccc2c(c1)Oc1ccc(C(C)=O)cc1O2. The van der Waals surface area contributed by atoms with Crippen molar-refractivity contribution in [3.05, 3.63) is 47.5 Å². The van der Waals surface area contributed by atoms with E-state index in [2.05, 4.69) is 0 Å². The Labute approximate surface area is 115 Å². The van der Waals surface area contributed by atoms with Crippen LogP contribution in [0.5, 0.6) is 23.0 Å². The molecule has 0 fully saturated rings. The van der Waals surface area contributed by atoms with Crippen LogP contribution in [-0.4, -0.2) is 11.6 Å².